The van der Waals surface area contributed by atoms with Crippen molar-refractivity contribution in [2.24, 2.45) is 0 Å². The van der Waals surface area contributed by atoms with Gasteiger partial charge in [-0.1, -0.05) is 23.7 Å². The van der Waals surface area contributed by atoms with E-state index in [-0.39, 0.29) is 10.8 Å². The number of sulfonamides is 1. The Morgan fingerprint density at radius 2 is 1.57 bits per heavy atom. The number of carbonyl (C=O) groups is 1. The van der Waals surface area contributed by atoms with E-state index in [2.05, 4.69) is 15.0 Å². The first-order valence-corrected chi connectivity index (χ1v) is 11.0. The Kier molecular flexibility index (Phi) is 5.24. The quantitative estimate of drug-likeness (QED) is 0.396. The highest BCUT2D eigenvalue weighted by Crippen LogP contribution is 2.27. The number of aromatic amines is 1. The number of benzene rings is 3. The lowest BCUT2D eigenvalue weighted by Crippen LogP contribution is -2.13. The molecular formula is C22H18ClN3O3S. The van der Waals surface area contributed by atoms with Crippen molar-refractivity contribution in [2.75, 3.05) is 10.0 Å². The van der Waals surface area contributed by atoms with Crippen LogP contribution in [0.4, 0.5) is 11.4 Å². The van der Waals surface area contributed by atoms with Crippen molar-refractivity contribution >= 4 is 49.8 Å². The molecule has 0 fully saturated rings. The van der Waals surface area contributed by atoms with Crippen molar-refractivity contribution in [3.63, 3.8) is 0 Å². The molecule has 4 aromatic rings. The van der Waals surface area contributed by atoms with Gasteiger partial charge < -0.3 is 10.3 Å². The minimum absolute atomic E-state index is 0.105. The highest BCUT2D eigenvalue weighted by molar-refractivity contribution is 7.92. The second-order valence-corrected chi connectivity index (χ2v) is 8.92. The molecule has 4 rings (SSSR count). The van der Waals surface area contributed by atoms with E-state index in [1.54, 1.807) is 24.3 Å². The van der Waals surface area contributed by atoms with E-state index >= 15 is 0 Å². The van der Waals surface area contributed by atoms with Crippen molar-refractivity contribution in [3.05, 3.63) is 77.8 Å². The predicted octanol–water partition coefficient (Wildman–Crippen LogP) is 5.25. The largest absolute Gasteiger partial charge is 0.355 e. The molecule has 0 unspecified atom stereocenters. The molecule has 3 N–H and O–H groups in total. The molecule has 0 radical (unpaired) electrons. The Morgan fingerprint density at radius 3 is 2.23 bits per heavy atom. The third-order valence-corrected chi connectivity index (χ3v) is 6.15. The summed E-state index contributed by atoms with van der Waals surface area (Å²) in [5.41, 5.74) is 3.79. The summed E-state index contributed by atoms with van der Waals surface area (Å²) in [6.07, 6.45) is 0. The van der Waals surface area contributed by atoms with E-state index < -0.39 is 10.0 Å². The number of carbonyl (C=O) groups excluding carboxylic acids is 1. The number of halogens is 1. The van der Waals surface area contributed by atoms with Gasteiger partial charge in [0.2, 0.25) is 5.91 Å². The first kappa shape index (κ1) is 20.0. The lowest BCUT2D eigenvalue weighted by Gasteiger charge is -2.09. The monoisotopic (exact) mass is 439 g/mol. The SMILES string of the molecule is CC(=O)Nc1ccc(S(=O)(=O)Nc2ccc(-c3cc4cc(Cl)ccc4[nH]3)cc2)cc1. The van der Waals surface area contributed by atoms with Crippen LogP contribution in [0.3, 0.4) is 0 Å². The Morgan fingerprint density at radius 1 is 0.900 bits per heavy atom. The van der Waals surface area contributed by atoms with Crippen LogP contribution in [0.5, 0.6) is 0 Å². The zero-order valence-corrected chi connectivity index (χ0v) is 17.5. The maximum atomic E-state index is 12.6. The second kappa shape index (κ2) is 7.85. The van der Waals surface area contributed by atoms with Gasteiger partial charge in [0.15, 0.2) is 0 Å². The first-order chi connectivity index (χ1) is 14.3. The van der Waals surface area contributed by atoms with Gasteiger partial charge in [0.05, 0.1) is 4.90 Å². The van der Waals surface area contributed by atoms with Crippen molar-refractivity contribution in [1.82, 2.24) is 4.98 Å². The summed E-state index contributed by atoms with van der Waals surface area (Å²) in [4.78, 5) is 14.5. The number of hydrogen-bond acceptors (Lipinski definition) is 3. The van der Waals surface area contributed by atoms with Gasteiger partial charge in [0, 0.05) is 39.9 Å². The molecule has 0 saturated carbocycles. The number of nitrogens with one attached hydrogen (secondary N) is 3. The Bertz CT molecular complexity index is 1330. The van der Waals surface area contributed by atoms with Crippen molar-refractivity contribution < 1.29 is 13.2 Å². The molecule has 0 saturated heterocycles. The molecule has 3 aromatic carbocycles. The molecular weight excluding hydrogens is 422 g/mol. The lowest BCUT2D eigenvalue weighted by atomic mass is 10.1. The molecule has 8 heteroatoms. The fourth-order valence-electron chi connectivity index (χ4n) is 3.11. The number of rotatable bonds is 5. The summed E-state index contributed by atoms with van der Waals surface area (Å²) >= 11 is 6.04. The zero-order chi connectivity index (χ0) is 21.3. The number of hydrogen-bond donors (Lipinski definition) is 3. The van der Waals surface area contributed by atoms with Gasteiger partial charge >= 0.3 is 0 Å². The minimum atomic E-state index is -3.75. The van der Waals surface area contributed by atoms with Crippen LogP contribution in [0.2, 0.25) is 5.02 Å². The first-order valence-electron chi connectivity index (χ1n) is 9.09. The average molecular weight is 440 g/mol. The normalized spacial score (nSPS) is 11.4. The highest BCUT2D eigenvalue weighted by Gasteiger charge is 2.14. The van der Waals surface area contributed by atoms with Crippen LogP contribution in [0.15, 0.2) is 77.7 Å². The van der Waals surface area contributed by atoms with E-state index in [4.69, 9.17) is 11.6 Å². The Balaban J connectivity index is 1.52. The molecule has 1 heterocycles. The molecule has 0 aliphatic heterocycles. The summed E-state index contributed by atoms with van der Waals surface area (Å²) in [6.45, 7) is 1.39. The summed E-state index contributed by atoms with van der Waals surface area (Å²) in [5, 5.41) is 4.28. The molecule has 152 valence electrons. The molecule has 1 aromatic heterocycles. The van der Waals surface area contributed by atoms with Gasteiger partial charge in [-0.2, -0.15) is 0 Å². The number of anilines is 2. The highest BCUT2D eigenvalue weighted by atomic mass is 35.5. The molecule has 0 aliphatic carbocycles. The van der Waals surface area contributed by atoms with Gasteiger partial charge in [-0.3, -0.25) is 9.52 Å². The van der Waals surface area contributed by atoms with E-state index in [1.165, 1.54) is 19.1 Å². The van der Waals surface area contributed by atoms with Gasteiger partial charge in [-0.25, -0.2) is 8.42 Å². The van der Waals surface area contributed by atoms with Crippen LogP contribution in [0, 0.1) is 0 Å². The standard InChI is InChI=1S/C22H18ClN3O3S/c1-14(27)24-18-7-9-20(10-8-18)30(28,29)26-19-5-2-15(3-6-19)22-13-16-12-17(23)4-11-21(16)25-22/h2-13,25-26H,1H3,(H,24,27). The van der Waals surface area contributed by atoms with E-state index in [1.807, 2.05) is 36.4 Å². The third kappa shape index (κ3) is 4.32. The minimum Gasteiger partial charge on any atom is -0.355 e. The topological polar surface area (TPSA) is 91.1 Å². The van der Waals surface area contributed by atoms with Crippen LogP contribution in [-0.4, -0.2) is 19.3 Å². The summed E-state index contributed by atoms with van der Waals surface area (Å²) in [7, 11) is -3.75. The van der Waals surface area contributed by atoms with Gasteiger partial charge in [-0.05, 0) is 66.2 Å². The van der Waals surface area contributed by atoms with E-state index in [0.29, 0.717) is 16.4 Å². The average Bonchev–Trinajstić information content (AvgIpc) is 3.11. The molecule has 6 nitrogen and oxygen atoms in total. The second-order valence-electron chi connectivity index (χ2n) is 6.80. The van der Waals surface area contributed by atoms with Crippen molar-refractivity contribution in [2.45, 2.75) is 11.8 Å². The third-order valence-electron chi connectivity index (χ3n) is 4.52. The van der Waals surface area contributed by atoms with Crippen LogP contribution in [0.1, 0.15) is 6.92 Å². The Labute approximate surface area is 178 Å². The van der Waals surface area contributed by atoms with Crippen LogP contribution < -0.4 is 10.0 Å². The maximum absolute atomic E-state index is 12.6. The molecule has 1 amide bonds. The number of amides is 1. The number of aromatic nitrogens is 1. The van der Waals surface area contributed by atoms with E-state index in [9.17, 15) is 13.2 Å². The number of H-pyrrole nitrogens is 1. The summed E-state index contributed by atoms with van der Waals surface area (Å²) in [6, 6.07) is 20.7. The van der Waals surface area contributed by atoms with Gasteiger partial charge in [-0.15, -0.1) is 0 Å². The predicted molar refractivity (Wildman–Crippen MR) is 120 cm³/mol. The molecule has 0 aliphatic rings. The van der Waals surface area contributed by atoms with Crippen LogP contribution >= 0.6 is 11.6 Å². The Hall–Kier alpha value is -3.29. The fourth-order valence-corrected chi connectivity index (χ4v) is 4.35. The van der Waals surface area contributed by atoms with Crippen LogP contribution in [0.25, 0.3) is 22.2 Å². The van der Waals surface area contributed by atoms with Crippen molar-refractivity contribution in [3.8, 4) is 11.3 Å². The molecule has 0 bridgehead atoms. The van der Waals surface area contributed by atoms with Crippen molar-refractivity contribution in [1.29, 1.82) is 0 Å². The summed E-state index contributed by atoms with van der Waals surface area (Å²) in [5.74, 6) is -0.220. The smallest absolute Gasteiger partial charge is 0.261 e. The zero-order valence-electron chi connectivity index (χ0n) is 15.9. The van der Waals surface area contributed by atoms with E-state index in [0.717, 1.165) is 22.2 Å². The number of fused-ring (bicyclic) bond motifs is 1. The fraction of sp³-hybridized carbons (Fsp3) is 0.0455. The van der Waals surface area contributed by atoms with Gasteiger partial charge in [0.25, 0.3) is 10.0 Å². The molecule has 30 heavy (non-hydrogen) atoms. The van der Waals surface area contributed by atoms with Crippen LogP contribution in [-0.2, 0) is 14.8 Å². The maximum Gasteiger partial charge on any atom is 0.261 e. The summed E-state index contributed by atoms with van der Waals surface area (Å²) < 4.78 is 27.8. The lowest BCUT2D eigenvalue weighted by molar-refractivity contribution is -0.114. The molecule has 0 spiro atoms. The van der Waals surface area contributed by atoms with Gasteiger partial charge in [0.1, 0.15) is 0 Å². The molecule has 0 atom stereocenters.